The number of aryl methyl sites for hydroxylation is 1. The number of alkyl halides is 3. The molecule has 0 aliphatic heterocycles. The van der Waals surface area contributed by atoms with Gasteiger partial charge in [0.25, 0.3) is 0 Å². The lowest BCUT2D eigenvalue weighted by Gasteiger charge is -2.10. The molecule has 0 spiro atoms. The number of hydrogen-bond acceptors (Lipinski definition) is 4. The largest absolute Gasteiger partial charge is 0.416 e. The summed E-state index contributed by atoms with van der Waals surface area (Å²) in [7, 11) is -4.52. The third kappa shape index (κ3) is 3.62. The Morgan fingerprint density at radius 1 is 1.07 bits per heavy atom. The van der Waals surface area contributed by atoms with Gasteiger partial charge in [0.05, 0.1) is 11.1 Å². The van der Waals surface area contributed by atoms with E-state index in [0.29, 0.717) is 12.1 Å². The number of rotatable bonds is 3. The fourth-order valence-electron chi connectivity index (χ4n) is 2.67. The summed E-state index contributed by atoms with van der Waals surface area (Å²) >= 11 is 0. The minimum absolute atomic E-state index is 0.00549. The quantitative estimate of drug-likeness (QED) is 0.644. The van der Waals surface area contributed by atoms with Gasteiger partial charge >= 0.3 is 6.18 Å². The summed E-state index contributed by atoms with van der Waals surface area (Å²) in [5, 5.41) is 8.48. The van der Waals surface area contributed by atoms with Gasteiger partial charge in [-0.2, -0.15) is 13.2 Å². The molecule has 11 heteroatoms. The van der Waals surface area contributed by atoms with Crippen molar-refractivity contribution in [2.75, 3.05) is 0 Å². The summed E-state index contributed by atoms with van der Waals surface area (Å²) in [5.41, 5.74) is -1.72. The minimum atomic E-state index is -4.62. The molecule has 0 atom stereocenters. The van der Waals surface area contributed by atoms with Crippen molar-refractivity contribution in [2.45, 2.75) is 18.0 Å². The number of halogens is 5. The van der Waals surface area contributed by atoms with E-state index in [1.54, 1.807) is 0 Å². The maximum atomic E-state index is 14.5. The second-order valence-electron chi connectivity index (χ2n) is 5.85. The Balaban J connectivity index is 2.22. The highest BCUT2D eigenvalue weighted by Crippen LogP contribution is 2.39. The molecule has 148 valence electrons. The van der Waals surface area contributed by atoms with E-state index < -0.39 is 43.9 Å². The molecule has 0 fully saturated rings. The topological polar surface area (TPSA) is 86.2 Å². The van der Waals surface area contributed by atoms with E-state index in [0.717, 1.165) is 18.2 Å². The minimum Gasteiger partial charge on any atom is -0.360 e. The van der Waals surface area contributed by atoms with E-state index in [9.17, 15) is 30.4 Å². The lowest BCUT2D eigenvalue weighted by molar-refractivity contribution is -0.137. The molecule has 3 rings (SSSR count). The molecule has 0 amide bonds. The second-order valence-corrected chi connectivity index (χ2v) is 7.38. The summed E-state index contributed by atoms with van der Waals surface area (Å²) in [6.45, 7) is 1.35. The molecule has 1 heterocycles. The van der Waals surface area contributed by atoms with Crippen LogP contribution in [0.25, 0.3) is 22.4 Å². The molecule has 0 aliphatic rings. The summed E-state index contributed by atoms with van der Waals surface area (Å²) < 4.78 is 95.2. The van der Waals surface area contributed by atoms with Crippen molar-refractivity contribution in [1.29, 1.82) is 0 Å². The Hall–Kier alpha value is -2.79. The van der Waals surface area contributed by atoms with Crippen molar-refractivity contribution < 1.29 is 34.9 Å². The zero-order valence-electron chi connectivity index (χ0n) is 14.0. The number of nitrogens with zero attached hydrogens (tertiary/aromatic N) is 1. The smallest absolute Gasteiger partial charge is 0.360 e. The van der Waals surface area contributed by atoms with Crippen LogP contribution in [0, 0.1) is 18.6 Å². The molecule has 2 aromatic carbocycles. The monoisotopic (exact) mass is 418 g/mol. The summed E-state index contributed by atoms with van der Waals surface area (Å²) in [6, 6.07) is 5.02. The first-order valence-electron chi connectivity index (χ1n) is 7.55. The first kappa shape index (κ1) is 20.0. The van der Waals surface area contributed by atoms with E-state index in [1.807, 2.05) is 0 Å². The number of primary sulfonamides is 1. The molecule has 2 N–H and O–H groups in total. The van der Waals surface area contributed by atoms with Crippen molar-refractivity contribution in [2.24, 2.45) is 5.14 Å². The predicted molar refractivity (Wildman–Crippen MR) is 88.4 cm³/mol. The Kier molecular flexibility index (Phi) is 4.76. The molecule has 1 aromatic heterocycles. The standard InChI is InChI=1S/C17H11F5N2O3S/c1-8-15(11-6-13(19)14(7-12(11)18)28(23,25)26)16(24-27-8)9-3-2-4-10(5-9)17(20,21)22/h2-7H,1H3,(H2,23,25,26). The highest BCUT2D eigenvalue weighted by molar-refractivity contribution is 7.89. The van der Waals surface area contributed by atoms with Gasteiger partial charge in [0.1, 0.15) is 28.0 Å². The number of sulfonamides is 1. The summed E-state index contributed by atoms with van der Waals surface area (Å²) in [4.78, 5) is -1.05. The Morgan fingerprint density at radius 2 is 1.75 bits per heavy atom. The lowest BCUT2D eigenvalue weighted by atomic mass is 9.98. The van der Waals surface area contributed by atoms with Gasteiger partial charge in [0.2, 0.25) is 10.0 Å². The van der Waals surface area contributed by atoms with E-state index in [-0.39, 0.29) is 22.6 Å². The van der Waals surface area contributed by atoms with E-state index in [1.165, 1.54) is 13.0 Å². The zero-order chi connectivity index (χ0) is 20.9. The van der Waals surface area contributed by atoms with E-state index in [4.69, 9.17) is 9.66 Å². The zero-order valence-corrected chi connectivity index (χ0v) is 14.8. The first-order valence-corrected chi connectivity index (χ1v) is 9.10. The fraction of sp³-hybridized carbons (Fsp3) is 0.118. The van der Waals surface area contributed by atoms with Crippen LogP contribution in [0.4, 0.5) is 22.0 Å². The van der Waals surface area contributed by atoms with Gasteiger partial charge in [-0.1, -0.05) is 17.3 Å². The van der Waals surface area contributed by atoms with Crippen molar-refractivity contribution in [3.8, 4) is 22.4 Å². The molecule has 0 bridgehead atoms. The third-order valence-electron chi connectivity index (χ3n) is 3.92. The van der Waals surface area contributed by atoms with Gasteiger partial charge in [-0.05, 0) is 31.2 Å². The van der Waals surface area contributed by atoms with Crippen LogP contribution in [0.5, 0.6) is 0 Å². The molecule has 28 heavy (non-hydrogen) atoms. The Labute approximate surface area is 155 Å². The summed E-state index contributed by atoms with van der Waals surface area (Å²) in [6.07, 6.45) is -4.62. The molecule has 3 aromatic rings. The van der Waals surface area contributed by atoms with Gasteiger partial charge in [-0.15, -0.1) is 0 Å². The van der Waals surface area contributed by atoms with Gasteiger partial charge in [-0.25, -0.2) is 22.3 Å². The molecule has 0 saturated carbocycles. The molecule has 5 nitrogen and oxygen atoms in total. The van der Waals surface area contributed by atoms with Crippen LogP contribution < -0.4 is 5.14 Å². The van der Waals surface area contributed by atoms with Crippen LogP contribution in [0.2, 0.25) is 0 Å². The van der Waals surface area contributed by atoms with E-state index in [2.05, 4.69) is 5.16 Å². The lowest BCUT2D eigenvalue weighted by Crippen LogP contribution is -2.14. The molecule has 0 aliphatic carbocycles. The van der Waals surface area contributed by atoms with Crippen molar-refractivity contribution >= 4 is 10.0 Å². The van der Waals surface area contributed by atoms with Crippen LogP contribution in [0.15, 0.2) is 45.8 Å². The molecule has 0 radical (unpaired) electrons. The van der Waals surface area contributed by atoms with E-state index >= 15 is 0 Å². The maximum absolute atomic E-state index is 14.5. The summed E-state index contributed by atoms with van der Waals surface area (Å²) in [5.74, 6) is -2.49. The van der Waals surface area contributed by atoms with Crippen LogP contribution in [-0.4, -0.2) is 13.6 Å². The van der Waals surface area contributed by atoms with Gasteiger partial charge in [-0.3, -0.25) is 0 Å². The van der Waals surface area contributed by atoms with Crippen LogP contribution >= 0.6 is 0 Å². The van der Waals surface area contributed by atoms with Gasteiger partial charge in [0.15, 0.2) is 0 Å². The van der Waals surface area contributed by atoms with Crippen molar-refractivity contribution in [3.05, 3.63) is 59.4 Å². The van der Waals surface area contributed by atoms with Crippen molar-refractivity contribution in [3.63, 3.8) is 0 Å². The Morgan fingerprint density at radius 3 is 2.36 bits per heavy atom. The maximum Gasteiger partial charge on any atom is 0.416 e. The molecular formula is C17H11F5N2O3S. The number of nitrogens with two attached hydrogens (primary N) is 1. The first-order chi connectivity index (χ1) is 12.9. The number of hydrogen-bond donors (Lipinski definition) is 1. The molecular weight excluding hydrogens is 407 g/mol. The fourth-order valence-corrected chi connectivity index (χ4v) is 3.27. The Bertz CT molecular complexity index is 1170. The SMILES string of the molecule is Cc1onc(-c2cccc(C(F)(F)F)c2)c1-c1cc(F)c(S(N)(=O)=O)cc1F. The predicted octanol–water partition coefficient (Wildman–Crippen LogP) is 4.26. The number of aromatic nitrogens is 1. The van der Waals surface area contributed by atoms with Crippen LogP contribution in [0.3, 0.4) is 0 Å². The molecule has 0 unspecified atom stereocenters. The average Bonchev–Trinajstić information content (AvgIpc) is 2.96. The van der Waals surface area contributed by atoms with Crippen LogP contribution in [0.1, 0.15) is 11.3 Å². The molecule has 0 saturated heterocycles. The highest BCUT2D eigenvalue weighted by atomic mass is 32.2. The van der Waals surface area contributed by atoms with Gasteiger partial charge < -0.3 is 4.52 Å². The second kappa shape index (κ2) is 6.67. The average molecular weight is 418 g/mol. The van der Waals surface area contributed by atoms with Crippen LogP contribution in [-0.2, 0) is 16.2 Å². The number of benzene rings is 2. The highest BCUT2D eigenvalue weighted by Gasteiger charge is 2.31. The van der Waals surface area contributed by atoms with Gasteiger partial charge in [0, 0.05) is 11.1 Å². The third-order valence-corrected chi connectivity index (χ3v) is 4.85. The van der Waals surface area contributed by atoms with Crippen molar-refractivity contribution in [1.82, 2.24) is 5.16 Å². The normalized spacial score (nSPS) is 12.4.